The maximum absolute atomic E-state index is 12.9. The predicted molar refractivity (Wildman–Crippen MR) is 121 cm³/mol. The molecule has 2 N–H and O–H groups in total. The molecule has 4 rings (SSSR count). The molecule has 9 heteroatoms. The van der Waals surface area contributed by atoms with Crippen LogP contribution in [0, 0.1) is 0 Å². The van der Waals surface area contributed by atoms with Crippen LogP contribution in [0.2, 0.25) is 0 Å². The predicted octanol–water partition coefficient (Wildman–Crippen LogP) is 2.51. The second kappa shape index (κ2) is 9.90. The zero-order valence-corrected chi connectivity index (χ0v) is 18.1. The monoisotopic (exact) mass is 445 g/mol. The Bertz CT molecular complexity index is 1150. The first kappa shape index (κ1) is 21.9. The molecule has 0 bridgehead atoms. The first-order valence-electron chi connectivity index (χ1n) is 10.6. The maximum atomic E-state index is 12.9. The molecule has 3 aromatic rings. The lowest BCUT2D eigenvalue weighted by atomic mass is 10.1. The second-order valence-corrected chi connectivity index (χ2v) is 7.26. The molecule has 3 amide bonds. The van der Waals surface area contributed by atoms with Crippen molar-refractivity contribution in [1.29, 1.82) is 0 Å². The van der Waals surface area contributed by atoms with Crippen LogP contribution in [0.4, 0.5) is 5.95 Å². The standard InChI is InChI=1S/C24H23N5O4/c1-2-33-20-9-8-16(15-29-22(31)17-6-3-4-7-18(17)23(29)32)14-19(20)21(30)25-12-13-28-24-26-10-5-11-27-24/h3-11,14H,2,12-13,15H2,1H3,(H,25,30)(H,26,27,28). The van der Waals surface area contributed by atoms with Crippen molar-refractivity contribution < 1.29 is 19.1 Å². The van der Waals surface area contributed by atoms with E-state index in [0.717, 1.165) is 0 Å². The summed E-state index contributed by atoms with van der Waals surface area (Å²) in [5.41, 5.74) is 1.76. The lowest BCUT2D eigenvalue weighted by Gasteiger charge is -2.16. The minimum absolute atomic E-state index is 0.0614. The van der Waals surface area contributed by atoms with Crippen LogP contribution in [0.1, 0.15) is 43.6 Å². The summed E-state index contributed by atoms with van der Waals surface area (Å²) in [5, 5.41) is 5.86. The van der Waals surface area contributed by atoms with Crippen LogP contribution in [0.3, 0.4) is 0 Å². The summed E-state index contributed by atoms with van der Waals surface area (Å²) in [6, 6.07) is 13.5. The zero-order valence-electron chi connectivity index (χ0n) is 18.1. The Hall–Kier alpha value is -4.27. The number of nitrogens with one attached hydrogen (secondary N) is 2. The van der Waals surface area contributed by atoms with Crippen LogP contribution in [0.5, 0.6) is 5.75 Å². The summed E-state index contributed by atoms with van der Waals surface area (Å²) in [6.07, 6.45) is 3.25. The number of nitrogens with zero attached hydrogens (tertiary/aromatic N) is 3. The molecule has 0 unspecified atom stereocenters. The number of fused-ring (bicyclic) bond motifs is 1. The molecule has 0 radical (unpaired) electrons. The lowest BCUT2D eigenvalue weighted by Crippen LogP contribution is -2.30. The molecule has 0 aliphatic carbocycles. The van der Waals surface area contributed by atoms with Gasteiger partial charge in [-0.2, -0.15) is 0 Å². The molecule has 1 aliphatic rings. The van der Waals surface area contributed by atoms with E-state index >= 15 is 0 Å². The van der Waals surface area contributed by atoms with E-state index in [4.69, 9.17) is 4.74 Å². The zero-order chi connectivity index (χ0) is 23.2. The van der Waals surface area contributed by atoms with Crippen molar-refractivity contribution in [3.05, 3.63) is 83.2 Å². The van der Waals surface area contributed by atoms with E-state index in [9.17, 15) is 14.4 Å². The molecule has 0 fully saturated rings. The van der Waals surface area contributed by atoms with Gasteiger partial charge < -0.3 is 15.4 Å². The smallest absolute Gasteiger partial charge is 0.261 e. The fraction of sp³-hybridized carbons (Fsp3) is 0.208. The molecule has 0 atom stereocenters. The van der Waals surface area contributed by atoms with Crippen molar-refractivity contribution in [3.63, 3.8) is 0 Å². The first-order chi connectivity index (χ1) is 16.1. The van der Waals surface area contributed by atoms with Gasteiger partial charge in [-0.05, 0) is 42.8 Å². The number of anilines is 1. The third-order valence-electron chi connectivity index (χ3n) is 5.07. The van der Waals surface area contributed by atoms with Gasteiger partial charge in [0.05, 0.1) is 29.8 Å². The van der Waals surface area contributed by atoms with E-state index in [1.807, 2.05) is 6.92 Å². The van der Waals surface area contributed by atoms with Gasteiger partial charge in [0.25, 0.3) is 17.7 Å². The van der Waals surface area contributed by atoms with E-state index in [1.165, 1.54) is 4.90 Å². The third-order valence-corrected chi connectivity index (χ3v) is 5.07. The Morgan fingerprint density at radius 1 is 0.970 bits per heavy atom. The summed E-state index contributed by atoms with van der Waals surface area (Å²) < 4.78 is 5.61. The van der Waals surface area contributed by atoms with Crippen molar-refractivity contribution in [3.8, 4) is 5.75 Å². The number of carbonyl (C=O) groups excluding carboxylic acids is 3. The summed E-state index contributed by atoms with van der Waals surface area (Å²) >= 11 is 0. The number of benzene rings is 2. The second-order valence-electron chi connectivity index (χ2n) is 7.26. The molecule has 0 spiro atoms. The summed E-state index contributed by atoms with van der Waals surface area (Å²) in [7, 11) is 0. The number of amides is 3. The van der Waals surface area contributed by atoms with Crippen molar-refractivity contribution in [2.75, 3.05) is 25.0 Å². The molecule has 9 nitrogen and oxygen atoms in total. The van der Waals surface area contributed by atoms with Crippen LogP contribution < -0.4 is 15.4 Å². The van der Waals surface area contributed by atoms with Gasteiger partial charge in [0.15, 0.2) is 0 Å². The molecular formula is C24H23N5O4. The highest BCUT2D eigenvalue weighted by Gasteiger charge is 2.35. The van der Waals surface area contributed by atoms with Crippen LogP contribution >= 0.6 is 0 Å². The number of aromatic nitrogens is 2. The van der Waals surface area contributed by atoms with E-state index in [-0.39, 0.29) is 24.3 Å². The Kier molecular flexibility index (Phi) is 6.58. The van der Waals surface area contributed by atoms with Crippen LogP contribution in [-0.4, -0.2) is 52.3 Å². The Labute approximate surface area is 190 Å². The third kappa shape index (κ3) is 4.82. The molecule has 2 heterocycles. The molecule has 0 saturated carbocycles. The Morgan fingerprint density at radius 3 is 2.33 bits per heavy atom. The highest BCUT2D eigenvalue weighted by atomic mass is 16.5. The fourth-order valence-electron chi connectivity index (χ4n) is 3.54. The average molecular weight is 445 g/mol. The summed E-state index contributed by atoms with van der Waals surface area (Å²) in [5.74, 6) is -0.0991. The maximum Gasteiger partial charge on any atom is 0.261 e. The number of hydrogen-bond acceptors (Lipinski definition) is 7. The average Bonchev–Trinajstić information content (AvgIpc) is 3.08. The van der Waals surface area contributed by atoms with E-state index in [0.29, 0.717) is 53.6 Å². The van der Waals surface area contributed by atoms with Crippen molar-refractivity contribution >= 4 is 23.7 Å². The van der Waals surface area contributed by atoms with Gasteiger partial charge in [-0.15, -0.1) is 0 Å². The molecule has 2 aromatic carbocycles. The number of rotatable bonds is 9. The van der Waals surface area contributed by atoms with Gasteiger partial charge in [-0.25, -0.2) is 9.97 Å². The molecule has 1 aliphatic heterocycles. The minimum Gasteiger partial charge on any atom is -0.493 e. The van der Waals surface area contributed by atoms with E-state index < -0.39 is 0 Å². The molecule has 0 saturated heterocycles. The minimum atomic E-state index is -0.343. The molecule has 1 aromatic heterocycles. The molecular weight excluding hydrogens is 422 g/mol. The Morgan fingerprint density at radius 2 is 1.67 bits per heavy atom. The number of ether oxygens (including phenoxy) is 1. The van der Waals surface area contributed by atoms with Crippen LogP contribution in [0.15, 0.2) is 60.9 Å². The van der Waals surface area contributed by atoms with Gasteiger partial charge in [0.2, 0.25) is 5.95 Å². The first-order valence-corrected chi connectivity index (χ1v) is 10.6. The van der Waals surface area contributed by atoms with E-state index in [1.54, 1.807) is 60.9 Å². The van der Waals surface area contributed by atoms with Gasteiger partial charge >= 0.3 is 0 Å². The lowest BCUT2D eigenvalue weighted by molar-refractivity contribution is 0.0642. The largest absolute Gasteiger partial charge is 0.493 e. The highest BCUT2D eigenvalue weighted by molar-refractivity contribution is 6.21. The van der Waals surface area contributed by atoms with Crippen LogP contribution in [0.25, 0.3) is 0 Å². The van der Waals surface area contributed by atoms with Gasteiger partial charge in [-0.3, -0.25) is 19.3 Å². The summed E-state index contributed by atoms with van der Waals surface area (Å²) in [4.78, 5) is 47.5. The topological polar surface area (TPSA) is 114 Å². The number of hydrogen-bond donors (Lipinski definition) is 2. The van der Waals surface area contributed by atoms with Crippen molar-refractivity contribution in [2.45, 2.75) is 13.5 Å². The number of carbonyl (C=O) groups is 3. The van der Waals surface area contributed by atoms with Gasteiger partial charge in [0, 0.05) is 25.5 Å². The van der Waals surface area contributed by atoms with Gasteiger partial charge in [0.1, 0.15) is 5.75 Å². The van der Waals surface area contributed by atoms with Crippen molar-refractivity contribution in [1.82, 2.24) is 20.2 Å². The fourth-order valence-corrected chi connectivity index (χ4v) is 3.54. The molecule has 168 valence electrons. The SMILES string of the molecule is CCOc1ccc(CN2C(=O)c3ccccc3C2=O)cc1C(=O)NCCNc1ncccn1. The Balaban J connectivity index is 1.45. The van der Waals surface area contributed by atoms with Gasteiger partial charge in [-0.1, -0.05) is 18.2 Å². The van der Waals surface area contributed by atoms with E-state index in [2.05, 4.69) is 20.6 Å². The molecule has 33 heavy (non-hydrogen) atoms. The van der Waals surface area contributed by atoms with Crippen LogP contribution in [-0.2, 0) is 6.54 Å². The normalized spacial score (nSPS) is 12.5. The quantitative estimate of drug-likeness (QED) is 0.384. The highest BCUT2D eigenvalue weighted by Crippen LogP contribution is 2.26. The van der Waals surface area contributed by atoms with Crippen molar-refractivity contribution in [2.24, 2.45) is 0 Å². The summed E-state index contributed by atoms with van der Waals surface area (Å²) in [6.45, 7) is 3.06. The number of imide groups is 1.